The van der Waals surface area contributed by atoms with Crippen LogP contribution in [0.25, 0.3) is 6.08 Å². The van der Waals surface area contributed by atoms with E-state index in [2.05, 4.69) is 15.6 Å². The summed E-state index contributed by atoms with van der Waals surface area (Å²) in [6.45, 7) is 0.538. The molecule has 3 rings (SSSR count). The number of pyridine rings is 1. The lowest BCUT2D eigenvalue weighted by Crippen LogP contribution is -2.23. The van der Waals surface area contributed by atoms with Crippen LogP contribution in [0.2, 0.25) is 0 Å². The van der Waals surface area contributed by atoms with Crippen molar-refractivity contribution in [3.63, 3.8) is 0 Å². The molecular formula is C23H22N4O2. The van der Waals surface area contributed by atoms with Crippen molar-refractivity contribution in [3.8, 4) is 0 Å². The van der Waals surface area contributed by atoms with Crippen molar-refractivity contribution >= 4 is 29.3 Å². The maximum absolute atomic E-state index is 12.3. The number of nitrogens with two attached hydrogens (primary N) is 1. The minimum Gasteiger partial charge on any atom is -0.397 e. The minimum absolute atomic E-state index is 0.171. The number of nitrogens with zero attached hydrogens (tertiary/aromatic N) is 1. The standard InChI is InChI=1S/C23H22N4O2/c24-20-5-1-2-6-21(20)27-23(29)19-10-7-17(8-11-19)9-12-22(28)26-15-13-18-4-3-14-25-16-18/h1-12,14,16H,13,15,24H2,(H,26,28)(H,27,29)/b12-9+. The average molecular weight is 386 g/mol. The summed E-state index contributed by atoms with van der Waals surface area (Å²) < 4.78 is 0. The summed E-state index contributed by atoms with van der Waals surface area (Å²) in [7, 11) is 0. The van der Waals surface area contributed by atoms with E-state index in [-0.39, 0.29) is 11.8 Å². The molecule has 4 N–H and O–H groups in total. The fourth-order valence-electron chi connectivity index (χ4n) is 2.66. The molecule has 2 amide bonds. The van der Waals surface area contributed by atoms with E-state index in [1.807, 2.05) is 18.2 Å². The Morgan fingerprint density at radius 1 is 1.00 bits per heavy atom. The summed E-state index contributed by atoms with van der Waals surface area (Å²) in [5.41, 5.74) is 9.32. The van der Waals surface area contributed by atoms with Gasteiger partial charge in [0.1, 0.15) is 0 Å². The van der Waals surface area contributed by atoms with Gasteiger partial charge in [-0.1, -0.05) is 30.3 Å². The van der Waals surface area contributed by atoms with Gasteiger partial charge in [0.05, 0.1) is 11.4 Å². The van der Waals surface area contributed by atoms with E-state index in [0.717, 1.165) is 17.5 Å². The molecule has 0 saturated carbocycles. The van der Waals surface area contributed by atoms with Gasteiger partial charge >= 0.3 is 0 Å². The number of benzene rings is 2. The average Bonchev–Trinajstić information content (AvgIpc) is 2.75. The number of aromatic nitrogens is 1. The number of nitrogen functional groups attached to an aromatic ring is 1. The van der Waals surface area contributed by atoms with Gasteiger partial charge in [0.25, 0.3) is 5.91 Å². The summed E-state index contributed by atoms with van der Waals surface area (Å²) >= 11 is 0. The molecule has 3 aromatic rings. The van der Waals surface area contributed by atoms with Gasteiger partial charge in [-0.25, -0.2) is 0 Å². The van der Waals surface area contributed by atoms with E-state index in [9.17, 15) is 9.59 Å². The molecule has 0 aliphatic carbocycles. The van der Waals surface area contributed by atoms with Crippen molar-refractivity contribution in [2.75, 3.05) is 17.6 Å². The molecule has 0 saturated heterocycles. The van der Waals surface area contributed by atoms with Crippen molar-refractivity contribution in [1.82, 2.24) is 10.3 Å². The normalized spacial score (nSPS) is 10.6. The summed E-state index contributed by atoms with van der Waals surface area (Å²) in [6, 6.07) is 17.9. The minimum atomic E-state index is -0.244. The van der Waals surface area contributed by atoms with E-state index in [0.29, 0.717) is 23.5 Å². The Morgan fingerprint density at radius 2 is 1.79 bits per heavy atom. The van der Waals surface area contributed by atoms with Crippen LogP contribution in [0.1, 0.15) is 21.5 Å². The van der Waals surface area contributed by atoms with E-state index in [1.165, 1.54) is 6.08 Å². The van der Waals surface area contributed by atoms with Crippen LogP contribution >= 0.6 is 0 Å². The quantitative estimate of drug-likeness (QED) is 0.429. The summed E-state index contributed by atoms with van der Waals surface area (Å²) in [5.74, 6) is -0.415. The highest BCUT2D eigenvalue weighted by molar-refractivity contribution is 6.05. The first-order valence-electron chi connectivity index (χ1n) is 9.22. The fraction of sp³-hybridized carbons (Fsp3) is 0.0870. The smallest absolute Gasteiger partial charge is 0.255 e. The van der Waals surface area contributed by atoms with Gasteiger partial charge in [-0.3, -0.25) is 14.6 Å². The van der Waals surface area contributed by atoms with Gasteiger partial charge in [0.2, 0.25) is 5.91 Å². The second-order valence-corrected chi connectivity index (χ2v) is 6.40. The van der Waals surface area contributed by atoms with Gasteiger partial charge in [-0.05, 0) is 54.0 Å². The molecule has 6 nitrogen and oxygen atoms in total. The Balaban J connectivity index is 1.49. The third-order valence-corrected chi connectivity index (χ3v) is 4.24. The SMILES string of the molecule is Nc1ccccc1NC(=O)c1ccc(/C=C/C(=O)NCCc2cccnc2)cc1. The van der Waals surface area contributed by atoms with Gasteiger partial charge < -0.3 is 16.4 Å². The van der Waals surface area contributed by atoms with Crippen molar-refractivity contribution < 1.29 is 9.59 Å². The molecule has 0 aliphatic heterocycles. The Labute approximate surface area is 169 Å². The van der Waals surface area contributed by atoms with E-state index >= 15 is 0 Å². The van der Waals surface area contributed by atoms with Crippen LogP contribution in [0.3, 0.4) is 0 Å². The molecule has 29 heavy (non-hydrogen) atoms. The van der Waals surface area contributed by atoms with Gasteiger partial charge in [-0.2, -0.15) is 0 Å². The van der Waals surface area contributed by atoms with E-state index in [4.69, 9.17) is 5.73 Å². The number of carbonyl (C=O) groups excluding carboxylic acids is 2. The number of rotatable bonds is 7. The van der Waals surface area contributed by atoms with Gasteiger partial charge in [0, 0.05) is 30.6 Å². The molecule has 0 unspecified atom stereocenters. The number of amides is 2. The maximum Gasteiger partial charge on any atom is 0.255 e. The van der Waals surface area contributed by atoms with Crippen LogP contribution in [0.5, 0.6) is 0 Å². The number of anilines is 2. The molecule has 6 heteroatoms. The first kappa shape index (κ1) is 19.8. The van der Waals surface area contributed by atoms with Crippen LogP contribution < -0.4 is 16.4 Å². The molecule has 0 fully saturated rings. The topological polar surface area (TPSA) is 97.1 Å². The molecule has 1 heterocycles. The zero-order valence-corrected chi connectivity index (χ0v) is 15.8. The van der Waals surface area contributed by atoms with Crippen molar-refractivity contribution in [2.45, 2.75) is 6.42 Å². The molecule has 0 aliphatic rings. The van der Waals surface area contributed by atoms with Crippen molar-refractivity contribution in [1.29, 1.82) is 0 Å². The Bertz CT molecular complexity index is 999. The molecule has 2 aromatic carbocycles. The zero-order chi connectivity index (χ0) is 20.5. The second-order valence-electron chi connectivity index (χ2n) is 6.40. The molecule has 146 valence electrons. The Kier molecular flexibility index (Phi) is 6.73. The molecule has 0 radical (unpaired) electrons. The van der Waals surface area contributed by atoms with Gasteiger partial charge in [-0.15, -0.1) is 0 Å². The van der Waals surface area contributed by atoms with E-state index in [1.54, 1.807) is 60.9 Å². The predicted molar refractivity (Wildman–Crippen MR) is 115 cm³/mol. The van der Waals surface area contributed by atoms with Crippen LogP contribution in [-0.4, -0.2) is 23.3 Å². The fourth-order valence-corrected chi connectivity index (χ4v) is 2.66. The third-order valence-electron chi connectivity index (χ3n) is 4.24. The molecule has 0 atom stereocenters. The number of hydrogen-bond acceptors (Lipinski definition) is 4. The number of carbonyl (C=O) groups is 2. The first-order valence-corrected chi connectivity index (χ1v) is 9.22. The number of hydrogen-bond donors (Lipinski definition) is 3. The highest BCUT2D eigenvalue weighted by atomic mass is 16.2. The molecular weight excluding hydrogens is 364 g/mol. The van der Waals surface area contributed by atoms with Crippen LogP contribution in [0, 0.1) is 0 Å². The first-order chi connectivity index (χ1) is 14.1. The predicted octanol–water partition coefficient (Wildman–Crippen LogP) is 3.29. The van der Waals surface area contributed by atoms with E-state index < -0.39 is 0 Å². The largest absolute Gasteiger partial charge is 0.397 e. The lowest BCUT2D eigenvalue weighted by molar-refractivity contribution is -0.116. The molecule has 0 spiro atoms. The molecule has 0 bridgehead atoms. The lowest BCUT2D eigenvalue weighted by Gasteiger charge is -2.08. The summed E-state index contributed by atoms with van der Waals surface area (Å²) in [5, 5.41) is 5.62. The second kappa shape index (κ2) is 9.85. The monoisotopic (exact) mass is 386 g/mol. The highest BCUT2D eigenvalue weighted by Gasteiger charge is 2.07. The van der Waals surface area contributed by atoms with Crippen LogP contribution in [0.15, 0.2) is 79.1 Å². The van der Waals surface area contributed by atoms with Crippen molar-refractivity contribution in [3.05, 3.63) is 95.8 Å². The number of nitrogens with one attached hydrogen (secondary N) is 2. The maximum atomic E-state index is 12.3. The van der Waals surface area contributed by atoms with Crippen LogP contribution in [-0.2, 0) is 11.2 Å². The summed E-state index contributed by atoms with van der Waals surface area (Å²) in [4.78, 5) is 28.3. The zero-order valence-electron chi connectivity index (χ0n) is 15.8. The van der Waals surface area contributed by atoms with Crippen LogP contribution in [0.4, 0.5) is 11.4 Å². The highest BCUT2D eigenvalue weighted by Crippen LogP contribution is 2.18. The summed E-state index contributed by atoms with van der Waals surface area (Å²) in [6.07, 6.45) is 7.41. The van der Waals surface area contributed by atoms with Crippen molar-refractivity contribution in [2.24, 2.45) is 0 Å². The number of para-hydroxylation sites is 2. The molecule has 1 aromatic heterocycles. The van der Waals surface area contributed by atoms with Gasteiger partial charge in [0.15, 0.2) is 0 Å². The lowest BCUT2D eigenvalue weighted by atomic mass is 10.1. The Morgan fingerprint density at radius 3 is 2.52 bits per heavy atom. The Hall–Kier alpha value is -3.93. The third kappa shape index (κ3) is 6.04.